The van der Waals surface area contributed by atoms with E-state index in [1.807, 2.05) is 7.05 Å². The Labute approximate surface area is 70.3 Å². The van der Waals surface area contributed by atoms with Gasteiger partial charge in [0.05, 0.1) is 5.60 Å². The number of nitrogens with one attached hydrogen (secondary N) is 1. The number of ether oxygens (including phenoxy) is 1. The first kappa shape index (κ1) is 10.9. The van der Waals surface area contributed by atoms with Crippen LogP contribution in [0.1, 0.15) is 34.1 Å². The van der Waals surface area contributed by atoms with Gasteiger partial charge in [0.25, 0.3) is 0 Å². The minimum atomic E-state index is 0.00740. The first-order chi connectivity index (χ1) is 4.95. The molecule has 0 aliphatic heterocycles. The highest BCUT2D eigenvalue weighted by Crippen LogP contribution is 2.07. The van der Waals surface area contributed by atoms with Crippen LogP contribution in [-0.2, 0) is 4.74 Å². The molecule has 2 heteroatoms. The third kappa shape index (κ3) is 7.82. The molecule has 0 rings (SSSR count). The Morgan fingerprint density at radius 2 is 1.91 bits per heavy atom. The van der Waals surface area contributed by atoms with E-state index in [9.17, 15) is 0 Å². The molecule has 0 aliphatic carbocycles. The van der Waals surface area contributed by atoms with E-state index in [-0.39, 0.29) is 5.60 Å². The Kier molecular flexibility index (Phi) is 4.69. The smallest absolute Gasteiger partial charge is 0.0598 e. The normalized spacial score (nSPS) is 15.0. The lowest BCUT2D eigenvalue weighted by atomic mass is 10.2. The topological polar surface area (TPSA) is 21.3 Å². The van der Waals surface area contributed by atoms with Gasteiger partial charge in [-0.25, -0.2) is 0 Å². The molecule has 1 N–H and O–H groups in total. The fourth-order valence-corrected chi connectivity index (χ4v) is 0.686. The maximum atomic E-state index is 5.56. The molecule has 0 amide bonds. The third-order valence-corrected chi connectivity index (χ3v) is 1.58. The molecule has 0 saturated carbocycles. The van der Waals surface area contributed by atoms with Crippen molar-refractivity contribution in [2.24, 2.45) is 0 Å². The monoisotopic (exact) mass is 159 g/mol. The predicted molar refractivity (Wildman–Crippen MR) is 48.8 cm³/mol. The van der Waals surface area contributed by atoms with Crippen LogP contribution in [0.2, 0.25) is 0 Å². The quantitative estimate of drug-likeness (QED) is 0.675. The van der Waals surface area contributed by atoms with Crippen molar-refractivity contribution in [1.82, 2.24) is 5.32 Å². The Balaban J connectivity index is 3.28. The fraction of sp³-hybridized carbons (Fsp3) is 1.00. The SMILES string of the molecule is CNC(C)CCOC(C)(C)C. The lowest BCUT2D eigenvalue weighted by molar-refractivity contribution is -0.00635. The zero-order chi connectivity index (χ0) is 8.91. The molecular weight excluding hydrogens is 138 g/mol. The Hall–Kier alpha value is -0.0800. The molecule has 0 aromatic rings. The summed E-state index contributed by atoms with van der Waals surface area (Å²) in [6.45, 7) is 9.24. The van der Waals surface area contributed by atoms with Crippen molar-refractivity contribution in [1.29, 1.82) is 0 Å². The van der Waals surface area contributed by atoms with E-state index in [0.29, 0.717) is 6.04 Å². The van der Waals surface area contributed by atoms with Gasteiger partial charge in [-0.15, -0.1) is 0 Å². The van der Waals surface area contributed by atoms with E-state index in [1.165, 1.54) is 0 Å². The van der Waals surface area contributed by atoms with Crippen molar-refractivity contribution in [2.75, 3.05) is 13.7 Å². The molecule has 2 nitrogen and oxygen atoms in total. The molecule has 0 aliphatic rings. The molecular formula is C9H21NO. The van der Waals surface area contributed by atoms with E-state index in [0.717, 1.165) is 13.0 Å². The van der Waals surface area contributed by atoms with Crippen molar-refractivity contribution in [3.8, 4) is 0 Å². The van der Waals surface area contributed by atoms with Gasteiger partial charge in [0, 0.05) is 12.6 Å². The minimum Gasteiger partial charge on any atom is -0.376 e. The van der Waals surface area contributed by atoms with Crippen LogP contribution in [0.15, 0.2) is 0 Å². The Bertz CT molecular complexity index is 96.2. The van der Waals surface area contributed by atoms with Crippen LogP contribution in [-0.4, -0.2) is 25.3 Å². The summed E-state index contributed by atoms with van der Waals surface area (Å²) in [5, 5.41) is 3.17. The first-order valence-corrected chi connectivity index (χ1v) is 4.27. The lowest BCUT2D eigenvalue weighted by Crippen LogP contribution is -2.26. The van der Waals surface area contributed by atoms with E-state index in [4.69, 9.17) is 4.74 Å². The molecule has 0 aromatic heterocycles. The van der Waals surface area contributed by atoms with E-state index in [2.05, 4.69) is 33.0 Å². The summed E-state index contributed by atoms with van der Waals surface area (Å²) in [6, 6.07) is 0.553. The van der Waals surface area contributed by atoms with Crippen LogP contribution in [0, 0.1) is 0 Å². The van der Waals surface area contributed by atoms with Gasteiger partial charge in [0.15, 0.2) is 0 Å². The second-order valence-electron chi connectivity index (χ2n) is 3.94. The van der Waals surface area contributed by atoms with E-state index in [1.54, 1.807) is 0 Å². The zero-order valence-electron chi connectivity index (χ0n) is 8.40. The lowest BCUT2D eigenvalue weighted by Gasteiger charge is -2.20. The maximum absolute atomic E-state index is 5.56. The molecule has 0 spiro atoms. The van der Waals surface area contributed by atoms with E-state index >= 15 is 0 Å². The number of rotatable bonds is 4. The molecule has 1 atom stereocenters. The van der Waals surface area contributed by atoms with Gasteiger partial charge in [-0.05, 0) is 41.2 Å². The fourth-order valence-electron chi connectivity index (χ4n) is 0.686. The van der Waals surface area contributed by atoms with Crippen molar-refractivity contribution >= 4 is 0 Å². The number of hydrogen-bond acceptors (Lipinski definition) is 2. The molecule has 1 unspecified atom stereocenters. The van der Waals surface area contributed by atoms with Gasteiger partial charge in [0.1, 0.15) is 0 Å². The van der Waals surface area contributed by atoms with Crippen LogP contribution in [0.25, 0.3) is 0 Å². The highest BCUT2D eigenvalue weighted by molar-refractivity contribution is 4.61. The summed E-state index contributed by atoms with van der Waals surface area (Å²) >= 11 is 0. The summed E-state index contributed by atoms with van der Waals surface area (Å²) in [6.07, 6.45) is 1.08. The van der Waals surface area contributed by atoms with Crippen LogP contribution < -0.4 is 5.32 Å². The average molecular weight is 159 g/mol. The molecule has 0 heterocycles. The minimum absolute atomic E-state index is 0.00740. The average Bonchev–Trinajstić information content (AvgIpc) is 1.85. The molecule has 11 heavy (non-hydrogen) atoms. The highest BCUT2D eigenvalue weighted by atomic mass is 16.5. The first-order valence-electron chi connectivity index (χ1n) is 4.27. The second-order valence-corrected chi connectivity index (χ2v) is 3.94. The zero-order valence-corrected chi connectivity index (χ0v) is 8.40. The van der Waals surface area contributed by atoms with Crippen LogP contribution >= 0.6 is 0 Å². The van der Waals surface area contributed by atoms with Crippen molar-refractivity contribution in [2.45, 2.75) is 45.8 Å². The molecule has 68 valence electrons. The highest BCUT2D eigenvalue weighted by Gasteiger charge is 2.09. The molecule has 0 aromatic carbocycles. The van der Waals surface area contributed by atoms with Gasteiger partial charge in [0.2, 0.25) is 0 Å². The van der Waals surface area contributed by atoms with Gasteiger partial charge in [-0.3, -0.25) is 0 Å². The Morgan fingerprint density at radius 1 is 1.36 bits per heavy atom. The molecule has 0 fully saturated rings. The second kappa shape index (κ2) is 4.73. The van der Waals surface area contributed by atoms with Gasteiger partial charge < -0.3 is 10.1 Å². The standard InChI is InChI=1S/C9H21NO/c1-8(10-5)6-7-11-9(2,3)4/h8,10H,6-7H2,1-5H3. The number of hydrogen-bond donors (Lipinski definition) is 1. The largest absolute Gasteiger partial charge is 0.376 e. The van der Waals surface area contributed by atoms with E-state index < -0.39 is 0 Å². The van der Waals surface area contributed by atoms with Crippen molar-refractivity contribution in [3.05, 3.63) is 0 Å². The summed E-state index contributed by atoms with van der Waals surface area (Å²) in [5.74, 6) is 0. The molecule has 0 bridgehead atoms. The summed E-state index contributed by atoms with van der Waals surface area (Å²) in [7, 11) is 1.97. The van der Waals surface area contributed by atoms with Gasteiger partial charge >= 0.3 is 0 Å². The summed E-state index contributed by atoms with van der Waals surface area (Å²) in [5.41, 5.74) is 0.00740. The molecule has 0 radical (unpaired) electrons. The maximum Gasteiger partial charge on any atom is 0.0598 e. The summed E-state index contributed by atoms with van der Waals surface area (Å²) in [4.78, 5) is 0. The van der Waals surface area contributed by atoms with Gasteiger partial charge in [-0.1, -0.05) is 0 Å². The van der Waals surface area contributed by atoms with Crippen molar-refractivity contribution < 1.29 is 4.74 Å². The predicted octanol–water partition coefficient (Wildman–Crippen LogP) is 1.80. The molecule has 0 saturated heterocycles. The van der Waals surface area contributed by atoms with Gasteiger partial charge in [-0.2, -0.15) is 0 Å². The van der Waals surface area contributed by atoms with Crippen LogP contribution in [0.3, 0.4) is 0 Å². The summed E-state index contributed by atoms with van der Waals surface area (Å²) < 4.78 is 5.56. The third-order valence-electron chi connectivity index (χ3n) is 1.58. The Morgan fingerprint density at radius 3 is 2.27 bits per heavy atom. The van der Waals surface area contributed by atoms with Crippen LogP contribution in [0.4, 0.5) is 0 Å². The van der Waals surface area contributed by atoms with Crippen LogP contribution in [0.5, 0.6) is 0 Å². The van der Waals surface area contributed by atoms with Crippen molar-refractivity contribution in [3.63, 3.8) is 0 Å².